The van der Waals surface area contributed by atoms with E-state index in [-0.39, 0.29) is 34.4 Å². The summed E-state index contributed by atoms with van der Waals surface area (Å²) in [6.45, 7) is 6.93. The van der Waals surface area contributed by atoms with Crippen LogP contribution in [0.2, 0.25) is 5.02 Å². The molecule has 1 aromatic carbocycles. The molecule has 196 valence electrons. The Balaban J connectivity index is 1.51. The van der Waals surface area contributed by atoms with Gasteiger partial charge in [0.15, 0.2) is 0 Å². The van der Waals surface area contributed by atoms with Crippen LogP contribution in [0.4, 0.5) is 8.78 Å². The summed E-state index contributed by atoms with van der Waals surface area (Å²) < 4.78 is 40.8. The summed E-state index contributed by atoms with van der Waals surface area (Å²) in [5.41, 5.74) is 1.52. The number of benzene rings is 1. The number of aromatic nitrogens is 2. The van der Waals surface area contributed by atoms with Gasteiger partial charge in [0, 0.05) is 49.7 Å². The lowest BCUT2D eigenvalue weighted by molar-refractivity contribution is 0.0132. The van der Waals surface area contributed by atoms with Gasteiger partial charge in [-0.3, -0.25) is 9.48 Å². The number of carbonyl (C=O) groups is 2. The van der Waals surface area contributed by atoms with E-state index in [0.29, 0.717) is 44.7 Å². The summed E-state index contributed by atoms with van der Waals surface area (Å²) >= 11 is 5.95. The molecule has 4 rings (SSSR count). The van der Waals surface area contributed by atoms with Crippen LogP contribution in [0.15, 0.2) is 18.2 Å². The molecule has 10 heteroatoms. The Labute approximate surface area is 214 Å². The molecule has 1 N–H and O–H groups in total. The van der Waals surface area contributed by atoms with Crippen LogP contribution < -0.4 is 5.32 Å². The second-order valence-corrected chi connectivity index (χ2v) is 10.5. The first-order valence-corrected chi connectivity index (χ1v) is 12.7. The number of rotatable bonds is 7. The molecule has 1 amide bonds. The van der Waals surface area contributed by atoms with Gasteiger partial charge in [-0.15, -0.1) is 0 Å². The highest BCUT2D eigenvalue weighted by Gasteiger charge is 2.40. The number of hydrogen-bond acceptors (Lipinski definition) is 5. The van der Waals surface area contributed by atoms with Crippen molar-refractivity contribution in [2.75, 3.05) is 26.4 Å². The second-order valence-electron chi connectivity index (χ2n) is 10.1. The fraction of sp³-hybridized carbons (Fsp3) is 0.577. The molecule has 0 saturated carbocycles. The van der Waals surface area contributed by atoms with Gasteiger partial charge < -0.3 is 14.8 Å². The van der Waals surface area contributed by atoms with Gasteiger partial charge in [-0.05, 0) is 43.2 Å². The minimum Gasteiger partial charge on any atom is -0.462 e. The molecule has 1 atom stereocenters. The van der Waals surface area contributed by atoms with E-state index in [2.05, 4.69) is 5.32 Å². The lowest BCUT2D eigenvalue weighted by Crippen LogP contribution is -2.41. The predicted molar refractivity (Wildman–Crippen MR) is 131 cm³/mol. The van der Waals surface area contributed by atoms with Gasteiger partial charge in [-0.1, -0.05) is 31.5 Å². The molecule has 1 aromatic heterocycles. The molecule has 1 saturated heterocycles. The summed E-state index contributed by atoms with van der Waals surface area (Å²) in [6.07, 6.45) is 3.04. The van der Waals surface area contributed by atoms with Crippen molar-refractivity contribution in [3.63, 3.8) is 0 Å². The highest BCUT2D eigenvalue weighted by atomic mass is 35.5. The fourth-order valence-corrected chi connectivity index (χ4v) is 5.21. The average molecular weight is 524 g/mol. The van der Waals surface area contributed by atoms with Crippen molar-refractivity contribution in [3.8, 4) is 0 Å². The molecule has 0 unspecified atom stereocenters. The van der Waals surface area contributed by atoms with Crippen LogP contribution in [0.5, 0.6) is 0 Å². The van der Waals surface area contributed by atoms with Crippen molar-refractivity contribution in [2.45, 2.75) is 58.9 Å². The molecule has 0 aliphatic carbocycles. The normalized spacial score (nSPS) is 18.3. The van der Waals surface area contributed by atoms with Crippen molar-refractivity contribution in [1.29, 1.82) is 0 Å². The van der Waals surface area contributed by atoms with Gasteiger partial charge in [0.25, 0.3) is 11.8 Å². The van der Waals surface area contributed by atoms with Crippen molar-refractivity contribution in [2.24, 2.45) is 11.3 Å². The zero-order valence-corrected chi connectivity index (χ0v) is 21.6. The monoisotopic (exact) mass is 523 g/mol. The van der Waals surface area contributed by atoms with E-state index in [9.17, 15) is 18.4 Å². The van der Waals surface area contributed by atoms with E-state index in [1.807, 2.05) is 18.5 Å². The van der Waals surface area contributed by atoms with E-state index in [0.717, 1.165) is 37.2 Å². The first-order chi connectivity index (χ1) is 17.0. The van der Waals surface area contributed by atoms with Crippen molar-refractivity contribution >= 4 is 23.5 Å². The van der Waals surface area contributed by atoms with E-state index < -0.39 is 17.5 Å². The minimum absolute atomic E-state index is 0.00133. The molecule has 36 heavy (non-hydrogen) atoms. The molecular formula is C26H32ClF2N3O4. The smallest absolute Gasteiger partial charge is 0.338 e. The summed E-state index contributed by atoms with van der Waals surface area (Å²) in [7, 11) is 0. The lowest BCUT2D eigenvalue weighted by atomic mass is 9.76. The molecule has 2 aromatic rings. The van der Waals surface area contributed by atoms with Gasteiger partial charge in [0.05, 0.1) is 29.1 Å². The van der Waals surface area contributed by atoms with Gasteiger partial charge in [-0.2, -0.15) is 5.10 Å². The summed E-state index contributed by atoms with van der Waals surface area (Å²) in [5.74, 6) is -4.35. The van der Waals surface area contributed by atoms with Crippen LogP contribution in [-0.4, -0.2) is 48.0 Å². The van der Waals surface area contributed by atoms with Gasteiger partial charge in [0.1, 0.15) is 0 Å². The van der Waals surface area contributed by atoms with Crippen LogP contribution in [0, 0.1) is 11.3 Å². The van der Waals surface area contributed by atoms with Crippen molar-refractivity contribution in [1.82, 2.24) is 15.1 Å². The molecular weight excluding hydrogens is 492 g/mol. The molecule has 2 aliphatic rings. The molecule has 3 heterocycles. The maximum absolute atomic E-state index is 14.0. The molecule has 2 aliphatic heterocycles. The molecule has 0 bridgehead atoms. The third kappa shape index (κ3) is 5.57. The molecule has 1 fully saturated rings. The van der Waals surface area contributed by atoms with Crippen molar-refractivity contribution < 1.29 is 27.8 Å². The number of aryl methyl sites for hydroxylation is 1. The number of amides is 1. The van der Waals surface area contributed by atoms with Crippen LogP contribution >= 0.6 is 11.6 Å². The molecule has 1 spiro atoms. The second kappa shape index (κ2) is 10.5. The predicted octanol–water partition coefficient (Wildman–Crippen LogP) is 4.79. The lowest BCUT2D eigenvalue weighted by Gasteiger charge is -2.36. The van der Waals surface area contributed by atoms with Gasteiger partial charge >= 0.3 is 5.97 Å². The van der Waals surface area contributed by atoms with E-state index in [1.165, 1.54) is 12.1 Å². The Morgan fingerprint density at radius 1 is 1.36 bits per heavy atom. The van der Waals surface area contributed by atoms with E-state index in [4.69, 9.17) is 26.2 Å². The summed E-state index contributed by atoms with van der Waals surface area (Å²) in [5, 5.41) is 8.00. The number of fused-ring (bicyclic) bond motifs is 1. The number of nitrogens with one attached hydrogen (secondary N) is 1. The number of nitrogens with zero attached hydrogens (tertiary/aromatic N) is 2. The topological polar surface area (TPSA) is 82.5 Å². The maximum atomic E-state index is 14.0. The third-order valence-corrected chi connectivity index (χ3v) is 7.31. The Bertz CT molecular complexity index is 1140. The first kappa shape index (κ1) is 26.5. The zero-order valence-electron chi connectivity index (χ0n) is 20.8. The highest BCUT2D eigenvalue weighted by molar-refractivity contribution is 6.31. The van der Waals surface area contributed by atoms with E-state index in [1.54, 1.807) is 0 Å². The largest absolute Gasteiger partial charge is 0.462 e. The molecule has 7 nitrogen and oxygen atoms in total. The fourth-order valence-electron chi connectivity index (χ4n) is 5.04. The SMILES string of the molecule is CCc1nn(C[C@@H](C)COC(=O)c2cc(Cl)ccc2C(C)(F)F)c2c1C(=O)NCC1(CCOCC1)C2. The highest BCUT2D eigenvalue weighted by Crippen LogP contribution is 2.37. The number of halogens is 3. The minimum atomic E-state index is -3.21. The number of ether oxygens (including phenoxy) is 2. The third-order valence-electron chi connectivity index (χ3n) is 7.07. The zero-order chi connectivity index (χ0) is 26.1. The Kier molecular flexibility index (Phi) is 7.71. The van der Waals surface area contributed by atoms with Crippen LogP contribution in [-0.2, 0) is 34.8 Å². The van der Waals surface area contributed by atoms with Crippen LogP contribution in [0.25, 0.3) is 0 Å². The number of alkyl halides is 2. The molecule has 0 radical (unpaired) electrons. The van der Waals surface area contributed by atoms with Crippen LogP contribution in [0.1, 0.15) is 71.3 Å². The quantitative estimate of drug-likeness (QED) is 0.528. The number of esters is 1. The van der Waals surface area contributed by atoms with Crippen molar-refractivity contribution in [3.05, 3.63) is 51.3 Å². The Morgan fingerprint density at radius 2 is 2.08 bits per heavy atom. The number of hydrogen-bond donors (Lipinski definition) is 1. The maximum Gasteiger partial charge on any atom is 0.338 e. The van der Waals surface area contributed by atoms with Gasteiger partial charge in [0.2, 0.25) is 0 Å². The summed E-state index contributed by atoms with van der Waals surface area (Å²) in [6, 6.07) is 3.67. The van der Waals surface area contributed by atoms with E-state index >= 15 is 0 Å². The first-order valence-electron chi connectivity index (χ1n) is 12.3. The Morgan fingerprint density at radius 3 is 2.75 bits per heavy atom. The standard InChI is InChI=1S/C26H32ClF2N3O4/c1-4-20-22-21(12-26(15-30-23(22)33)7-9-35-10-8-26)32(31-20)13-16(2)14-36-24(34)18-11-17(27)5-6-19(18)25(3,28)29/h5-6,11,16H,4,7-10,12-15H2,1-3H3,(H,30,33)/t16-/m1/s1. The average Bonchev–Trinajstić information content (AvgIpc) is 3.10. The van der Waals surface area contributed by atoms with Gasteiger partial charge in [-0.25, -0.2) is 13.6 Å². The Hall–Kier alpha value is -2.52. The number of carbonyl (C=O) groups excluding carboxylic acids is 2. The van der Waals surface area contributed by atoms with Crippen LogP contribution in [0.3, 0.4) is 0 Å². The summed E-state index contributed by atoms with van der Waals surface area (Å²) in [4.78, 5) is 25.7.